The van der Waals surface area contributed by atoms with Gasteiger partial charge in [-0.05, 0) is 75.6 Å². The van der Waals surface area contributed by atoms with Gasteiger partial charge in [-0.25, -0.2) is 0 Å². The topological polar surface area (TPSA) is 173 Å². The van der Waals surface area contributed by atoms with Crippen molar-refractivity contribution in [1.29, 1.82) is 0 Å². The number of aliphatic hydroxyl groups is 1. The van der Waals surface area contributed by atoms with Gasteiger partial charge in [0.25, 0.3) is 0 Å². The van der Waals surface area contributed by atoms with Crippen molar-refractivity contribution in [2.45, 2.75) is 133 Å². The molecule has 0 aromatic heterocycles. The Morgan fingerprint density at radius 1 is 0.952 bits per heavy atom. The minimum Gasteiger partial charge on any atom is -0.460 e. The Balaban J connectivity index is 1.11. The molecule has 15 nitrogen and oxygen atoms in total. The molecule has 3 saturated carbocycles. The number of fused-ring (bicyclic) bond motifs is 4. The van der Waals surface area contributed by atoms with Crippen LogP contribution in [0.3, 0.4) is 0 Å². The SMILES string of the molecule is CN(C)C(=O)C=Cc1ccc(CN2O[C@@H]3[C@H]4OC(C5CC5)(C5CC5)O[C@H]4[C@H]4C[C@]3(C(=O)N(C)[C@H](Cc3ccccc3)C(=O)N[C@H](CO)CCC(=O)OC(C)(C)C)[C@@H]2C(=O)O4)cc1. The minimum absolute atomic E-state index is 0.0343. The molecular formula is C47H60N4O11. The van der Waals surface area contributed by atoms with Crippen molar-refractivity contribution in [1.82, 2.24) is 20.2 Å². The van der Waals surface area contributed by atoms with Gasteiger partial charge in [-0.15, -0.1) is 0 Å². The Labute approximate surface area is 362 Å². The van der Waals surface area contributed by atoms with E-state index < -0.39 is 89.7 Å². The van der Waals surface area contributed by atoms with Crippen LogP contribution < -0.4 is 5.32 Å². The molecule has 2 bridgehead atoms. The molecule has 2 N–H and O–H groups in total. The predicted molar refractivity (Wildman–Crippen MR) is 224 cm³/mol. The Hall–Kier alpha value is -4.67. The molecule has 8 rings (SSSR count). The van der Waals surface area contributed by atoms with Crippen molar-refractivity contribution in [3.05, 3.63) is 77.4 Å². The maximum absolute atomic E-state index is 15.7. The number of likely N-dealkylation sites (N-methyl/N-ethyl adjacent to an activating group) is 2. The molecule has 334 valence electrons. The van der Waals surface area contributed by atoms with Gasteiger partial charge >= 0.3 is 11.9 Å². The molecule has 3 saturated heterocycles. The third kappa shape index (κ3) is 8.66. The first-order valence-corrected chi connectivity index (χ1v) is 21.9. The van der Waals surface area contributed by atoms with E-state index in [0.717, 1.165) is 42.4 Å². The number of hydrogen-bond acceptors (Lipinski definition) is 12. The van der Waals surface area contributed by atoms with Gasteiger partial charge in [0.15, 0.2) is 11.8 Å². The van der Waals surface area contributed by atoms with Crippen LogP contribution in [-0.4, -0.2) is 131 Å². The van der Waals surface area contributed by atoms with Crippen molar-refractivity contribution in [2.75, 3.05) is 27.7 Å². The highest BCUT2D eigenvalue weighted by molar-refractivity contribution is 5.96. The molecule has 0 radical (unpaired) electrons. The normalized spacial score (nSPS) is 28.4. The van der Waals surface area contributed by atoms with Gasteiger partial charge in [0.2, 0.25) is 17.7 Å². The number of rotatable bonds is 16. The number of benzene rings is 2. The summed E-state index contributed by atoms with van der Waals surface area (Å²) < 4.78 is 25.6. The van der Waals surface area contributed by atoms with E-state index in [1.54, 1.807) is 53.1 Å². The van der Waals surface area contributed by atoms with E-state index >= 15 is 4.79 Å². The van der Waals surface area contributed by atoms with Crippen molar-refractivity contribution < 1.29 is 52.9 Å². The predicted octanol–water partition coefficient (Wildman–Crippen LogP) is 3.56. The molecular weight excluding hydrogens is 797 g/mol. The minimum atomic E-state index is -1.53. The molecule has 2 aromatic carbocycles. The molecule has 3 heterocycles. The van der Waals surface area contributed by atoms with Crippen LogP contribution >= 0.6 is 0 Å². The first-order valence-electron chi connectivity index (χ1n) is 21.9. The number of nitrogens with one attached hydrogen (secondary N) is 1. The number of carbonyl (C=O) groups excluding carboxylic acids is 5. The largest absolute Gasteiger partial charge is 0.460 e. The second-order valence-corrected chi connectivity index (χ2v) is 19.1. The second kappa shape index (κ2) is 17.1. The molecule has 15 heteroatoms. The third-order valence-electron chi connectivity index (χ3n) is 13.1. The first kappa shape index (κ1) is 44.0. The van der Waals surface area contributed by atoms with Gasteiger partial charge in [0.05, 0.1) is 19.2 Å². The Bertz CT molecular complexity index is 2030. The summed E-state index contributed by atoms with van der Waals surface area (Å²) in [5.41, 5.74) is 0.170. The number of hydroxylamine groups is 2. The number of ether oxygens (including phenoxy) is 4. The highest BCUT2D eigenvalue weighted by atomic mass is 16.8. The van der Waals surface area contributed by atoms with Crippen LogP contribution in [0.1, 0.15) is 82.4 Å². The van der Waals surface area contributed by atoms with E-state index in [-0.39, 0.29) is 50.0 Å². The maximum atomic E-state index is 15.7. The average molecular weight is 857 g/mol. The molecule has 8 atom stereocenters. The van der Waals surface area contributed by atoms with E-state index in [4.69, 9.17) is 23.8 Å². The Morgan fingerprint density at radius 2 is 1.61 bits per heavy atom. The zero-order chi connectivity index (χ0) is 44.1. The fourth-order valence-corrected chi connectivity index (χ4v) is 9.78. The molecule has 6 aliphatic rings. The number of hydrogen-bond donors (Lipinski definition) is 2. The van der Waals surface area contributed by atoms with Crippen molar-refractivity contribution in [2.24, 2.45) is 17.3 Å². The van der Waals surface area contributed by atoms with Crippen LogP contribution in [0, 0.1) is 17.3 Å². The van der Waals surface area contributed by atoms with Gasteiger partial charge in [-0.3, -0.25) is 28.8 Å². The summed E-state index contributed by atoms with van der Waals surface area (Å²) in [4.78, 5) is 79.2. The molecule has 0 spiro atoms. The van der Waals surface area contributed by atoms with Gasteiger partial charge in [-0.1, -0.05) is 54.6 Å². The standard InChI is InChI=1S/C47H60N4O11/c1-45(2,3)59-37(54)23-21-33(27-52)48-42(55)34(24-29-10-8-7-9-11-29)50(6)44(57)46-25-35-38-39(61-47(60-38,31-17-18-31)32-19-20-32)41(46)62-51(40(46)43(56)58-35)26-30-14-12-28(13-15-30)16-22-36(53)49(4)5/h7-16,22,31-35,38-41,52H,17-21,23-27H2,1-6H3,(H,48,55)/t33-,34+,35+,38-,39-,40-,41+,46-/m0/s1. The number of amides is 3. The molecule has 6 fully saturated rings. The first-order chi connectivity index (χ1) is 29.5. The summed E-state index contributed by atoms with van der Waals surface area (Å²) >= 11 is 0. The van der Waals surface area contributed by atoms with Crippen molar-refractivity contribution in [3.8, 4) is 0 Å². The lowest BCUT2D eigenvalue weighted by Gasteiger charge is -2.50. The molecule has 3 aliphatic heterocycles. The second-order valence-electron chi connectivity index (χ2n) is 19.1. The van der Waals surface area contributed by atoms with Crippen LogP contribution in [0.5, 0.6) is 0 Å². The lowest BCUT2D eigenvalue weighted by atomic mass is 9.62. The van der Waals surface area contributed by atoms with Crippen LogP contribution in [0.25, 0.3) is 6.08 Å². The van der Waals surface area contributed by atoms with Crippen LogP contribution in [0.4, 0.5) is 0 Å². The van der Waals surface area contributed by atoms with E-state index in [1.807, 2.05) is 54.6 Å². The maximum Gasteiger partial charge on any atom is 0.327 e. The molecule has 62 heavy (non-hydrogen) atoms. The van der Waals surface area contributed by atoms with Crippen LogP contribution in [-0.2, 0) is 60.7 Å². The summed E-state index contributed by atoms with van der Waals surface area (Å²) in [5, 5.41) is 14.8. The van der Waals surface area contributed by atoms with Crippen molar-refractivity contribution in [3.63, 3.8) is 0 Å². The van der Waals surface area contributed by atoms with E-state index in [1.165, 1.54) is 15.9 Å². The molecule has 0 unspecified atom stereocenters. The smallest absolute Gasteiger partial charge is 0.327 e. The summed E-state index contributed by atoms with van der Waals surface area (Å²) in [5.74, 6) is -2.64. The third-order valence-corrected chi connectivity index (χ3v) is 13.1. The average Bonchev–Trinajstić information content (AvgIpc) is 4.19. The summed E-state index contributed by atoms with van der Waals surface area (Å²) in [7, 11) is 4.94. The number of esters is 2. The fourth-order valence-electron chi connectivity index (χ4n) is 9.78. The van der Waals surface area contributed by atoms with Gasteiger partial charge in [0.1, 0.15) is 41.5 Å². The van der Waals surface area contributed by atoms with Crippen molar-refractivity contribution >= 4 is 35.7 Å². The number of nitrogens with zero attached hydrogens (tertiary/aromatic N) is 3. The van der Waals surface area contributed by atoms with Gasteiger partial charge < -0.3 is 39.2 Å². The fraction of sp³-hybridized carbons (Fsp3) is 0.596. The zero-order valence-electron chi connectivity index (χ0n) is 36.5. The zero-order valence-corrected chi connectivity index (χ0v) is 36.5. The molecule has 2 aromatic rings. The monoisotopic (exact) mass is 856 g/mol. The lowest BCUT2D eigenvalue weighted by Crippen LogP contribution is -2.70. The van der Waals surface area contributed by atoms with Crippen LogP contribution in [0.15, 0.2) is 60.7 Å². The molecule has 3 aliphatic carbocycles. The Morgan fingerprint density at radius 3 is 2.23 bits per heavy atom. The number of carbonyl (C=O) groups is 5. The van der Waals surface area contributed by atoms with Crippen LogP contribution in [0.2, 0.25) is 0 Å². The van der Waals surface area contributed by atoms with E-state index in [0.29, 0.717) is 0 Å². The summed E-state index contributed by atoms with van der Waals surface area (Å²) in [6.07, 6.45) is 4.26. The summed E-state index contributed by atoms with van der Waals surface area (Å²) in [6.45, 7) is 4.99. The highest BCUT2D eigenvalue weighted by Gasteiger charge is 2.78. The van der Waals surface area contributed by atoms with E-state index in [9.17, 15) is 24.3 Å². The van der Waals surface area contributed by atoms with Gasteiger partial charge in [0, 0.05) is 58.3 Å². The summed E-state index contributed by atoms with van der Waals surface area (Å²) in [6, 6.07) is 13.7. The number of aliphatic hydroxyl groups excluding tert-OH is 1. The quantitative estimate of drug-likeness (QED) is 0.186. The van der Waals surface area contributed by atoms with Gasteiger partial charge in [-0.2, -0.15) is 5.06 Å². The highest BCUT2D eigenvalue weighted by Crippen LogP contribution is 2.64. The van der Waals surface area contributed by atoms with E-state index in [2.05, 4.69) is 5.32 Å². The lowest BCUT2D eigenvalue weighted by molar-refractivity contribution is -0.235. The molecule has 3 amide bonds. The Kier molecular flexibility index (Phi) is 12.1.